The lowest BCUT2D eigenvalue weighted by atomic mass is 9.99. The number of fused-ring (bicyclic) bond motifs is 1. The van der Waals surface area contributed by atoms with Gasteiger partial charge in [0, 0.05) is 15.8 Å². The largest absolute Gasteiger partial charge is 0.497 e. The minimum atomic E-state index is -0.0602. The fourth-order valence-corrected chi connectivity index (χ4v) is 4.85. The van der Waals surface area contributed by atoms with Crippen LogP contribution in [0.25, 0.3) is 11.3 Å². The van der Waals surface area contributed by atoms with Gasteiger partial charge in [-0.2, -0.15) is 0 Å². The van der Waals surface area contributed by atoms with Gasteiger partial charge in [-0.25, -0.2) is 4.98 Å². The summed E-state index contributed by atoms with van der Waals surface area (Å²) in [6.45, 7) is 0. The van der Waals surface area contributed by atoms with E-state index < -0.39 is 0 Å². The summed E-state index contributed by atoms with van der Waals surface area (Å²) in [7, 11) is 1.65. The molecule has 1 N–H and O–H groups in total. The van der Waals surface area contributed by atoms with Crippen molar-refractivity contribution < 1.29 is 9.53 Å². The molecule has 4 nitrogen and oxygen atoms in total. The van der Waals surface area contributed by atoms with E-state index in [0.717, 1.165) is 34.7 Å². The van der Waals surface area contributed by atoms with E-state index in [-0.39, 0.29) is 5.91 Å². The fraction of sp³-hybridized carbons (Fsp3) is 0.263. The summed E-state index contributed by atoms with van der Waals surface area (Å²) >= 11 is 3.06. The van der Waals surface area contributed by atoms with E-state index in [1.165, 1.54) is 34.6 Å². The standard InChI is InChI=1S/C19H18N2O2S2/c1-23-14-8-6-12(7-9-14)15-11-24-19(20-15)21-18(22)17-10-13-4-2-3-5-16(13)25-17/h6-11H,2-5H2,1H3,(H,20,21,22). The van der Waals surface area contributed by atoms with Crippen LogP contribution in [0.4, 0.5) is 5.13 Å². The second-order valence-corrected chi connectivity index (χ2v) is 7.98. The van der Waals surface area contributed by atoms with E-state index in [1.807, 2.05) is 35.7 Å². The Kier molecular flexibility index (Phi) is 4.55. The van der Waals surface area contributed by atoms with Gasteiger partial charge in [-0.05, 0) is 61.6 Å². The molecule has 0 fully saturated rings. The lowest BCUT2D eigenvalue weighted by Gasteiger charge is -2.08. The van der Waals surface area contributed by atoms with Crippen LogP contribution in [-0.4, -0.2) is 18.0 Å². The van der Waals surface area contributed by atoms with Gasteiger partial charge in [-0.15, -0.1) is 22.7 Å². The van der Waals surface area contributed by atoms with Gasteiger partial charge in [0.05, 0.1) is 17.7 Å². The van der Waals surface area contributed by atoms with E-state index in [2.05, 4.69) is 10.3 Å². The third kappa shape index (κ3) is 3.45. The molecule has 6 heteroatoms. The molecular weight excluding hydrogens is 352 g/mol. The molecule has 2 aromatic heterocycles. The van der Waals surface area contributed by atoms with Gasteiger partial charge in [-0.3, -0.25) is 10.1 Å². The molecule has 25 heavy (non-hydrogen) atoms. The minimum absolute atomic E-state index is 0.0602. The summed E-state index contributed by atoms with van der Waals surface area (Å²) in [5.41, 5.74) is 3.21. The summed E-state index contributed by atoms with van der Waals surface area (Å²) in [4.78, 5) is 19.2. The predicted octanol–water partition coefficient (Wildman–Crippen LogP) is 5.01. The number of aryl methyl sites for hydroxylation is 2. The molecule has 4 rings (SSSR count). The van der Waals surface area contributed by atoms with Crippen LogP contribution in [0.1, 0.15) is 33.0 Å². The lowest BCUT2D eigenvalue weighted by Crippen LogP contribution is -2.09. The highest BCUT2D eigenvalue weighted by Crippen LogP contribution is 2.31. The molecule has 0 atom stereocenters. The zero-order valence-electron chi connectivity index (χ0n) is 13.9. The summed E-state index contributed by atoms with van der Waals surface area (Å²) in [6.07, 6.45) is 4.65. The van der Waals surface area contributed by atoms with Crippen molar-refractivity contribution in [2.45, 2.75) is 25.7 Å². The molecule has 1 aromatic carbocycles. The number of aromatic nitrogens is 1. The second-order valence-electron chi connectivity index (χ2n) is 5.99. The van der Waals surface area contributed by atoms with Gasteiger partial charge in [0.25, 0.3) is 5.91 Å². The van der Waals surface area contributed by atoms with E-state index >= 15 is 0 Å². The summed E-state index contributed by atoms with van der Waals surface area (Å²) in [5.74, 6) is 0.754. The molecule has 2 heterocycles. The van der Waals surface area contributed by atoms with E-state index in [4.69, 9.17) is 4.74 Å². The first-order valence-corrected chi connectivity index (χ1v) is 9.95. The molecule has 1 aliphatic carbocycles. The molecule has 0 spiro atoms. The highest BCUT2D eigenvalue weighted by molar-refractivity contribution is 7.15. The number of hydrogen-bond acceptors (Lipinski definition) is 5. The van der Waals surface area contributed by atoms with E-state index in [1.54, 1.807) is 18.4 Å². The van der Waals surface area contributed by atoms with Crippen LogP contribution in [0.15, 0.2) is 35.7 Å². The van der Waals surface area contributed by atoms with Gasteiger partial charge in [-0.1, -0.05) is 0 Å². The number of amides is 1. The molecule has 1 aliphatic rings. The smallest absolute Gasteiger partial charge is 0.267 e. The topological polar surface area (TPSA) is 51.2 Å². The molecule has 128 valence electrons. The average molecular weight is 370 g/mol. The van der Waals surface area contributed by atoms with Crippen molar-refractivity contribution in [1.29, 1.82) is 0 Å². The van der Waals surface area contributed by atoms with Crippen molar-refractivity contribution in [2.24, 2.45) is 0 Å². The SMILES string of the molecule is COc1ccc(-c2csc(NC(=O)c3cc4c(s3)CCCC4)n2)cc1. The average Bonchev–Trinajstić information content (AvgIpc) is 3.28. The first kappa shape index (κ1) is 16.3. The first-order chi connectivity index (χ1) is 12.2. The number of rotatable bonds is 4. The van der Waals surface area contributed by atoms with Crippen molar-refractivity contribution >= 4 is 33.7 Å². The molecule has 0 aliphatic heterocycles. The molecule has 0 saturated carbocycles. The Balaban J connectivity index is 1.48. The Morgan fingerprint density at radius 1 is 1.20 bits per heavy atom. The van der Waals surface area contributed by atoms with Crippen molar-refractivity contribution in [3.63, 3.8) is 0 Å². The van der Waals surface area contributed by atoms with Crippen molar-refractivity contribution in [3.8, 4) is 17.0 Å². The van der Waals surface area contributed by atoms with E-state index in [9.17, 15) is 4.79 Å². The van der Waals surface area contributed by atoms with Crippen molar-refractivity contribution in [1.82, 2.24) is 4.98 Å². The Morgan fingerprint density at radius 2 is 2.00 bits per heavy atom. The van der Waals surface area contributed by atoms with Gasteiger partial charge in [0.1, 0.15) is 5.75 Å². The number of thiophene rings is 1. The number of nitrogens with one attached hydrogen (secondary N) is 1. The lowest BCUT2D eigenvalue weighted by molar-refractivity contribution is 0.103. The number of anilines is 1. The Bertz CT molecular complexity index is 873. The molecule has 0 saturated heterocycles. The monoisotopic (exact) mass is 370 g/mol. The number of hydrogen-bond donors (Lipinski definition) is 1. The number of thiazole rings is 1. The van der Waals surface area contributed by atoms with Crippen LogP contribution < -0.4 is 10.1 Å². The van der Waals surface area contributed by atoms with Crippen LogP contribution in [0.2, 0.25) is 0 Å². The summed E-state index contributed by atoms with van der Waals surface area (Å²) < 4.78 is 5.17. The van der Waals surface area contributed by atoms with Crippen molar-refractivity contribution in [3.05, 3.63) is 51.0 Å². The van der Waals surface area contributed by atoms with Crippen LogP contribution in [0.5, 0.6) is 5.75 Å². The van der Waals surface area contributed by atoms with Crippen molar-refractivity contribution in [2.75, 3.05) is 12.4 Å². The zero-order valence-corrected chi connectivity index (χ0v) is 15.5. The molecule has 0 radical (unpaired) electrons. The van der Waals surface area contributed by atoms with Crippen LogP contribution >= 0.6 is 22.7 Å². The van der Waals surface area contributed by atoms with Crippen LogP contribution in [0, 0.1) is 0 Å². The fourth-order valence-electron chi connectivity index (χ4n) is 2.99. The number of carbonyl (C=O) groups excluding carboxylic acids is 1. The van der Waals surface area contributed by atoms with E-state index in [0.29, 0.717) is 5.13 Å². The quantitative estimate of drug-likeness (QED) is 0.702. The minimum Gasteiger partial charge on any atom is -0.497 e. The van der Waals surface area contributed by atoms with Crippen LogP contribution in [-0.2, 0) is 12.8 Å². The highest BCUT2D eigenvalue weighted by atomic mass is 32.1. The molecule has 1 amide bonds. The Morgan fingerprint density at radius 3 is 2.76 bits per heavy atom. The number of methoxy groups -OCH3 is 1. The van der Waals surface area contributed by atoms with Crippen LogP contribution in [0.3, 0.4) is 0 Å². The Labute approximate surface area is 154 Å². The third-order valence-electron chi connectivity index (χ3n) is 4.33. The van der Waals surface area contributed by atoms with Gasteiger partial charge in [0.2, 0.25) is 0 Å². The third-order valence-corrected chi connectivity index (χ3v) is 6.32. The maximum atomic E-state index is 12.5. The molecule has 0 bridgehead atoms. The maximum Gasteiger partial charge on any atom is 0.267 e. The number of nitrogens with zero attached hydrogens (tertiary/aromatic N) is 1. The first-order valence-electron chi connectivity index (χ1n) is 8.26. The second kappa shape index (κ2) is 6.98. The highest BCUT2D eigenvalue weighted by Gasteiger charge is 2.18. The normalized spacial score (nSPS) is 13.3. The summed E-state index contributed by atoms with van der Waals surface area (Å²) in [5, 5.41) is 5.52. The summed E-state index contributed by atoms with van der Waals surface area (Å²) in [6, 6.07) is 9.79. The van der Waals surface area contributed by atoms with Gasteiger partial charge < -0.3 is 4.74 Å². The zero-order chi connectivity index (χ0) is 17.2. The number of benzene rings is 1. The number of carbonyl (C=O) groups is 1. The Hall–Kier alpha value is -2.18. The predicted molar refractivity (Wildman–Crippen MR) is 103 cm³/mol. The number of ether oxygens (including phenoxy) is 1. The van der Waals surface area contributed by atoms with Gasteiger partial charge in [0.15, 0.2) is 5.13 Å². The maximum absolute atomic E-state index is 12.5. The molecular formula is C19H18N2O2S2. The molecule has 0 unspecified atom stereocenters. The molecule has 3 aromatic rings. The van der Waals surface area contributed by atoms with Gasteiger partial charge >= 0.3 is 0 Å².